The Bertz CT molecular complexity index is 824. The molecular weight excluding hydrogens is 376 g/mol. The number of fused-ring (bicyclic) bond motifs is 1. The molecule has 2 saturated heterocycles. The number of anilines is 1. The van der Waals surface area contributed by atoms with Crippen molar-refractivity contribution in [1.82, 2.24) is 24.9 Å². The van der Waals surface area contributed by atoms with E-state index in [1.54, 1.807) is 0 Å². The topological polar surface area (TPSA) is 68.1 Å². The van der Waals surface area contributed by atoms with Gasteiger partial charge in [0.05, 0.1) is 11.9 Å². The molecule has 3 fully saturated rings. The van der Waals surface area contributed by atoms with Crippen LogP contribution in [0.1, 0.15) is 31.2 Å². The fourth-order valence-electron chi connectivity index (χ4n) is 5.87. The molecule has 0 amide bonds. The zero-order chi connectivity index (χ0) is 20.5. The summed E-state index contributed by atoms with van der Waals surface area (Å²) in [6, 6.07) is 4.09. The molecule has 3 atom stereocenters. The van der Waals surface area contributed by atoms with E-state index in [1.165, 1.54) is 45.3 Å². The van der Waals surface area contributed by atoms with E-state index in [-0.39, 0.29) is 0 Å². The number of aromatic nitrogens is 4. The molecule has 3 aliphatic rings. The third-order valence-corrected chi connectivity index (χ3v) is 7.51. The van der Waals surface area contributed by atoms with Crippen LogP contribution in [0.25, 0.3) is 11.4 Å². The summed E-state index contributed by atoms with van der Waals surface area (Å²) in [4.78, 5) is 2.74. The third-order valence-electron chi connectivity index (χ3n) is 7.51. The first kappa shape index (κ1) is 19.9. The van der Waals surface area contributed by atoms with Crippen LogP contribution in [0.4, 0.5) is 5.82 Å². The number of rotatable bonds is 6. The highest BCUT2D eigenvalue weighted by atomic mass is 16.5. The zero-order valence-corrected chi connectivity index (χ0v) is 18.3. The molecule has 1 aliphatic carbocycles. The lowest BCUT2D eigenvalue weighted by Crippen LogP contribution is -2.32. The minimum atomic E-state index is 0.746. The Morgan fingerprint density at radius 3 is 2.70 bits per heavy atom. The molecule has 1 saturated carbocycles. The van der Waals surface area contributed by atoms with Gasteiger partial charge in [0.2, 0.25) is 0 Å². The monoisotopic (exact) mass is 410 g/mol. The number of hydrogen-bond acceptors (Lipinski definition) is 6. The van der Waals surface area contributed by atoms with E-state index in [4.69, 9.17) is 4.74 Å². The SMILES string of the molecule is Cc1cnn(C)c1-c1ccc(NCC2CCC3CN(CC4CCOCC4)CC23)nn1. The van der Waals surface area contributed by atoms with E-state index in [0.717, 1.165) is 66.2 Å². The van der Waals surface area contributed by atoms with Crippen LogP contribution in [0.3, 0.4) is 0 Å². The van der Waals surface area contributed by atoms with E-state index < -0.39 is 0 Å². The van der Waals surface area contributed by atoms with Gasteiger partial charge in [-0.25, -0.2) is 0 Å². The summed E-state index contributed by atoms with van der Waals surface area (Å²) < 4.78 is 7.39. The molecule has 0 aromatic carbocycles. The molecule has 7 heteroatoms. The van der Waals surface area contributed by atoms with Crippen LogP contribution in [0, 0.1) is 30.6 Å². The van der Waals surface area contributed by atoms with E-state index >= 15 is 0 Å². The molecule has 2 aromatic heterocycles. The van der Waals surface area contributed by atoms with Crippen molar-refractivity contribution >= 4 is 5.82 Å². The lowest BCUT2D eigenvalue weighted by molar-refractivity contribution is 0.0543. The smallest absolute Gasteiger partial charge is 0.148 e. The van der Waals surface area contributed by atoms with Crippen molar-refractivity contribution in [3.63, 3.8) is 0 Å². The fraction of sp³-hybridized carbons (Fsp3) is 0.696. The van der Waals surface area contributed by atoms with Crippen molar-refractivity contribution in [3.8, 4) is 11.4 Å². The Balaban J connectivity index is 1.14. The molecule has 2 aromatic rings. The second-order valence-corrected chi connectivity index (χ2v) is 9.52. The molecule has 0 radical (unpaired) electrons. The highest BCUT2D eigenvalue weighted by Crippen LogP contribution is 2.42. The average Bonchev–Trinajstić information content (AvgIpc) is 3.42. The van der Waals surface area contributed by atoms with Gasteiger partial charge in [-0.05, 0) is 74.0 Å². The Hall–Kier alpha value is -1.99. The van der Waals surface area contributed by atoms with E-state index in [9.17, 15) is 0 Å². The number of likely N-dealkylation sites (tertiary alicyclic amines) is 1. The largest absolute Gasteiger partial charge is 0.381 e. The fourth-order valence-corrected chi connectivity index (χ4v) is 5.87. The van der Waals surface area contributed by atoms with Crippen molar-refractivity contribution in [2.45, 2.75) is 32.6 Å². The molecule has 4 heterocycles. The quantitative estimate of drug-likeness (QED) is 0.790. The molecule has 7 nitrogen and oxygen atoms in total. The first-order valence-electron chi connectivity index (χ1n) is 11.5. The average molecular weight is 411 g/mol. The highest BCUT2D eigenvalue weighted by Gasteiger charge is 2.42. The van der Waals surface area contributed by atoms with Crippen LogP contribution >= 0.6 is 0 Å². The molecular formula is C23H34N6O. The zero-order valence-electron chi connectivity index (χ0n) is 18.3. The molecule has 30 heavy (non-hydrogen) atoms. The minimum absolute atomic E-state index is 0.746. The molecule has 0 bridgehead atoms. The van der Waals surface area contributed by atoms with Crippen LogP contribution in [-0.4, -0.2) is 64.3 Å². The predicted octanol–water partition coefficient (Wildman–Crippen LogP) is 2.98. The summed E-state index contributed by atoms with van der Waals surface area (Å²) in [7, 11) is 1.94. The van der Waals surface area contributed by atoms with Gasteiger partial charge in [-0.15, -0.1) is 10.2 Å². The van der Waals surface area contributed by atoms with Gasteiger partial charge in [0, 0.05) is 46.4 Å². The van der Waals surface area contributed by atoms with Crippen molar-refractivity contribution < 1.29 is 4.74 Å². The molecule has 0 spiro atoms. The first-order valence-corrected chi connectivity index (χ1v) is 11.5. The van der Waals surface area contributed by atoms with Gasteiger partial charge in [-0.2, -0.15) is 5.10 Å². The van der Waals surface area contributed by atoms with Crippen LogP contribution in [0.15, 0.2) is 18.3 Å². The van der Waals surface area contributed by atoms with Crippen LogP contribution in [0.5, 0.6) is 0 Å². The number of nitrogens with one attached hydrogen (secondary N) is 1. The van der Waals surface area contributed by atoms with Crippen molar-refractivity contribution in [2.24, 2.45) is 30.7 Å². The first-order chi connectivity index (χ1) is 14.7. The number of ether oxygens (including phenoxy) is 1. The Labute approximate surface area is 179 Å². The van der Waals surface area contributed by atoms with Gasteiger partial charge in [-0.3, -0.25) is 4.68 Å². The standard InChI is InChI=1S/C23H34N6O/c1-16-11-25-28(2)23(16)21-5-6-22(27-26-21)24-12-18-3-4-19-14-29(15-20(18)19)13-17-7-9-30-10-8-17/h5-6,11,17-20H,3-4,7-10,12-15H2,1-2H3,(H,24,27). The van der Waals surface area contributed by atoms with Crippen LogP contribution in [0.2, 0.25) is 0 Å². The Kier molecular flexibility index (Phi) is 5.74. The number of aryl methyl sites for hydroxylation is 2. The van der Waals surface area contributed by atoms with Crippen molar-refractivity contribution in [1.29, 1.82) is 0 Å². The third kappa shape index (κ3) is 4.10. The summed E-state index contributed by atoms with van der Waals surface area (Å²) in [6.07, 6.45) is 7.07. The summed E-state index contributed by atoms with van der Waals surface area (Å²) >= 11 is 0. The maximum absolute atomic E-state index is 5.53. The predicted molar refractivity (Wildman–Crippen MR) is 117 cm³/mol. The summed E-state index contributed by atoms with van der Waals surface area (Å²) in [5.74, 6) is 4.18. The second kappa shape index (κ2) is 8.63. The molecule has 5 rings (SSSR count). The van der Waals surface area contributed by atoms with Gasteiger partial charge in [0.15, 0.2) is 0 Å². The normalized spacial score (nSPS) is 27.5. The second-order valence-electron chi connectivity index (χ2n) is 9.52. The van der Waals surface area contributed by atoms with Crippen molar-refractivity contribution in [3.05, 3.63) is 23.9 Å². The van der Waals surface area contributed by atoms with Gasteiger partial charge < -0.3 is 15.0 Å². The maximum atomic E-state index is 5.53. The molecule has 3 unspecified atom stereocenters. The summed E-state index contributed by atoms with van der Waals surface area (Å²) in [5.41, 5.74) is 3.03. The van der Waals surface area contributed by atoms with Crippen LogP contribution in [-0.2, 0) is 11.8 Å². The maximum Gasteiger partial charge on any atom is 0.148 e. The molecule has 1 N–H and O–H groups in total. The van der Waals surface area contributed by atoms with E-state index in [2.05, 4.69) is 32.4 Å². The lowest BCUT2D eigenvalue weighted by atomic mass is 9.92. The van der Waals surface area contributed by atoms with E-state index in [0.29, 0.717) is 0 Å². The van der Waals surface area contributed by atoms with Crippen LogP contribution < -0.4 is 5.32 Å². The molecule has 2 aliphatic heterocycles. The van der Waals surface area contributed by atoms with Gasteiger partial charge in [0.1, 0.15) is 11.5 Å². The Morgan fingerprint density at radius 1 is 1.10 bits per heavy atom. The van der Waals surface area contributed by atoms with Gasteiger partial charge in [-0.1, -0.05) is 0 Å². The number of nitrogens with zero attached hydrogens (tertiary/aromatic N) is 5. The Morgan fingerprint density at radius 2 is 1.97 bits per heavy atom. The number of hydrogen-bond donors (Lipinski definition) is 1. The van der Waals surface area contributed by atoms with Crippen molar-refractivity contribution in [2.75, 3.05) is 44.7 Å². The van der Waals surface area contributed by atoms with Gasteiger partial charge >= 0.3 is 0 Å². The highest BCUT2D eigenvalue weighted by molar-refractivity contribution is 5.59. The lowest BCUT2D eigenvalue weighted by Gasteiger charge is -2.28. The van der Waals surface area contributed by atoms with E-state index in [1.807, 2.05) is 30.1 Å². The minimum Gasteiger partial charge on any atom is -0.381 e. The molecule has 162 valence electrons. The summed E-state index contributed by atoms with van der Waals surface area (Å²) in [6.45, 7) is 8.83. The van der Waals surface area contributed by atoms with Gasteiger partial charge in [0.25, 0.3) is 0 Å². The summed E-state index contributed by atoms with van der Waals surface area (Å²) in [5, 5.41) is 16.7.